The van der Waals surface area contributed by atoms with Crippen molar-refractivity contribution in [3.8, 4) is 0 Å². The van der Waals surface area contributed by atoms with Gasteiger partial charge in [0.25, 0.3) is 5.91 Å². The summed E-state index contributed by atoms with van der Waals surface area (Å²) in [6.07, 6.45) is 1.69. The van der Waals surface area contributed by atoms with Gasteiger partial charge < -0.3 is 10.1 Å². The molecule has 0 aliphatic carbocycles. The Morgan fingerprint density at radius 1 is 1.33 bits per heavy atom. The Labute approximate surface area is 144 Å². The number of amides is 1. The van der Waals surface area contributed by atoms with Crippen molar-refractivity contribution in [1.82, 2.24) is 30.2 Å². The number of aromatic nitrogens is 4. The van der Waals surface area contributed by atoms with Crippen molar-refractivity contribution in [2.45, 2.75) is 26.9 Å². The molecule has 0 spiro atoms. The standard InChI is InChI=1S/C15H22N6O2S/c1-11-12(2)24-14(17-11)9-16-15(22)13-10-21(19-18-13)4-3-20-5-7-23-8-6-20/h10H,3-9H2,1-2H3,(H,16,22). The van der Waals surface area contributed by atoms with Gasteiger partial charge in [-0.2, -0.15) is 0 Å². The second-order valence-electron chi connectivity index (χ2n) is 5.75. The number of morpholine rings is 1. The van der Waals surface area contributed by atoms with Crippen LogP contribution in [0, 0.1) is 13.8 Å². The van der Waals surface area contributed by atoms with E-state index in [0.29, 0.717) is 18.8 Å². The van der Waals surface area contributed by atoms with Gasteiger partial charge in [-0.1, -0.05) is 5.21 Å². The first-order valence-corrected chi connectivity index (χ1v) is 8.85. The number of hydrogen-bond donors (Lipinski definition) is 1. The summed E-state index contributed by atoms with van der Waals surface area (Å²) in [4.78, 5) is 20.1. The molecule has 0 unspecified atom stereocenters. The lowest BCUT2D eigenvalue weighted by Gasteiger charge is -2.26. The van der Waals surface area contributed by atoms with E-state index in [1.807, 2.05) is 13.8 Å². The number of ether oxygens (including phenoxy) is 1. The molecule has 2 aromatic heterocycles. The maximum atomic E-state index is 12.2. The highest BCUT2D eigenvalue weighted by Gasteiger charge is 2.14. The SMILES string of the molecule is Cc1nc(CNC(=O)c2cn(CCN3CCOCC3)nn2)sc1C. The van der Waals surface area contributed by atoms with Crippen LogP contribution in [0.5, 0.6) is 0 Å². The topological polar surface area (TPSA) is 85.2 Å². The summed E-state index contributed by atoms with van der Waals surface area (Å²) < 4.78 is 7.04. The zero-order valence-corrected chi connectivity index (χ0v) is 14.8. The maximum Gasteiger partial charge on any atom is 0.273 e. The van der Waals surface area contributed by atoms with E-state index >= 15 is 0 Å². The van der Waals surface area contributed by atoms with Crippen molar-refractivity contribution in [2.24, 2.45) is 0 Å². The van der Waals surface area contributed by atoms with E-state index in [2.05, 4.69) is 25.5 Å². The molecule has 3 heterocycles. The molecule has 1 fully saturated rings. The smallest absolute Gasteiger partial charge is 0.273 e. The highest BCUT2D eigenvalue weighted by molar-refractivity contribution is 7.11. The Bertz CT molecular complexity index is 672. The number of hydrogen-bond acceptors (Lipinski definition) is 7. The Hall–Kier alpha value is -1.84. The Kier molecular flexibility index (Phi) is 5.54. The van der Waals surface area contributed by atoms with Crippen molar-refractivity contribution in [1.29, 1.82) is 0 Å². The molecule has 0 atom stereocenters. The van der Waals surface area contributed by atoms with Gasteiger partial charge in [0.1, 0.15) is 5.01 Å². The lowest BCUT2D eigenvalue weighted by molar-refractivity contribution is 0.0359. The zero-order valence-electron chi connectivity index (χ0n) is 14.0. The minimum absolute atomic E-state index is 0.224. The van der Waals surface area contributed by atoms with Gasteiger partial charge in [-0.3, -0.25) is 14.4 Å². The lowest BCUT2D eigenvalue weighted by Crippen LogP contribution is -2.38. The van der Waals surface area contributed by atoms with Crippen molar-refractivity contribution in [2.75, 3.05) is 32.8 Å². The molecule has 3 rings (SSSR count). The van der Waals surface area contributed by atoms with Crippen molar-refractivity contribution < 1.29 is 9.53 Å². The lowest BCUT2D eigenvalue weighted by atomic mass is 10.4. The van der Waals surface area contributed by atoms with Crippen LogP contribution in [0.25, 0.3) is 0 Å². The summed E-state index contributed by atoms with van der Waals surface area (Å²) in [6, 6.07) is 0. The predicted molar refractivity (Wildman–Crippen MR) is 90.0 cm³/mol. The second kappa shape index (κ2) is 7.82. The number of nitrogens with one attached hydrogen (secondary N) is 1. The van der Waals surface area contributed by atoms with Crippen LogP contribution in [0.2, 0.25) is 0 Å². The van der Waals surface area contributed by atoms with E-state index in [1.54, 1.807) is 22.2 Å². The first-order valence-electron chi connectivity index (χ1n) is 8.03. The Morgan fingerprint density at radius 2 is 2.12 bits per heavy atom. The number of carbonyl (C=O) groups excluding carboxylic acids is 1. The number of aryl methyl sites for hydroxylation is 2. The zero-order chi connectivity index (χ0) is 16.9. The normalized spacial score (nSPS) is 15.6. The van der Waals surface area contributed by atoms with Crippen LogP contribution in [0.1, 0.15) is 26.1 Å². The van der Waals surface area contributed by atoms with E-state index in [0.717, 1.165) is 43.5 Å². The third kappa shape index (κ3) is 4.37. The monoisotopic (exact) mass is 350 g/mol. The van der Waals surface area contributed by atoms with Gasteiger partial charge in [-0.25, -0.2) is 4.98 Å². The summed E-state index contributed by atoms with van der Waals surface area (Å²) in [5.41, 5.74) is 1.35. The first-order chi connectivity index (χ1) is 11.6. The third-order valence-electron chi connectivity index (χ3n) is 3.99. The van der Waals surface area contributed by atoms with Crippen LogP contribution in [0.4, 0.5) is 0 Å². The van der Waals surface area contributed by atoms with Gasteiger partial charge in [0.05, 0.1) is 38.2 Å². The number of thiazole rings is 1. The van der Waals surface area contributed by atoms with Gasteiger partial charge >= 0.3 is 0 Å². The summed E-state index contributed by atoms with van der Waals surface area (Å²) in [5, 5.41) is 11.7. The van der Waals surface area contributed by atoms with Gasteiger partial charge in [0.15, 0.2) is 5.69 Å². The number of rotatable bonds is 6. The van der Waals surface area contributed by atoms with E-state index in [-0.39, 0.29) is 5.91 Å². The predicted octanol–water partition coefficient (Wildman–Crippen LogP) is 0.614. The van der Waals surface area contributed by atoms with Crippen molar-refractivity contribution >= 4 is 17.2 Å². The van der Waals surface area contributed by atoms with Gasteiger partial charge in [0.2, 0.25) is 0 Å². The summed E-state index contributed by atoms with van der Waals surface area (Å²) in [7, 11) is 0. The van der Waals surface area contributed by atoms with E-state index in [4.69, 9.17) is 4.74 Å². The average molecular weight is 350 g/mol. The molecule has 1 saturated heterocycles. The summed E-state index contributed by atoms with van der Waals surface area (Å²) in [5.74, 6) is -0.224. The molecule has 0 radical (unpaired) electrons. The molecule has 1 aliphatic heterocycles. The van der Waals surface area contributed by atoms with Crippen molar-refractivity contribution in [3.63, 3.8) is 0 Å². The van der Waals surface area contributed by atoms with Crippen LogP contribution < -0.4 is 5.32 Å². The van der Waals surface area contributed by atoms with Gasteiger partial charge in [0, 0.05) is 24.5 Å². The van der Waals surface area contributed by atoms with Crippen LogP contribution in [-0.2, 0) is 17.8 Å². The molecule has 8 nitrogen and oxygen atoms in total. The van der Waals surface area contributed by atoms with Crippen LogP contribution in [-0.4, -0.2) is 63.6 Å². The van der Waals surface area contributed by atoms with Crippen molar-refractivity contribution in [3.05, 3.63) is 27.5 Å². The molecule has 0 aromatic carbocycles. The average Bonchev–Trinajstić information content (AvgIpc) is 3.19. The molecule has 0 bridgehead atoms. The largest absolute Gasteiger partial charge is 0.379 e. The highest BCUT2D eigenvalue weighted by Crippen LogP contribution is 2.16. The summed E-state index contributed by atoms with van der Waals surface area (Å²) in [6.45, 7) is 9.44. The second-order valence-corrected chi connectivity index (χ2v) is 7.04. The van der Waals surface area contributed by atoms with Crippen LogP contribution in [0.3, 0.4) is 0 Å². The molecular weight excluding hydrogens is 328 g/mol. The molecule has 1 aliphatic rings. The fourth-order valence-electron chi connectivity index (χ4n) is 2.44. The molecule has 130 valence electrons. The molecular formula is C15H22N6O2S. The molecule has 0 saturated carbocycles. The third-order valence-corrected chi connectivity index (χ3v) is 5.07. The van der Waals surface area contributed by atoms with E-state index in [9.17, 15) is 4.79 Å². The van der Waals surface area contributed by atoms with E-state index < -0.39 is 0 Å². The molecule has 2 aromatic rings. The molecule has 9 heteroatoms. The quantitative estimate of drug-likeness (QED) is 0.822. The van der Waals surface area contributed by atoms with Crippen LogP contribution >= 0.6 is 11.3 Å². The van der Waals surface area contributed by atoms with E-state index in [1.165, 1.54) is 4.88 Å². The maximum absolute atomic E-state index is 12.2. The Morgan fingerprint density at radius 3 is 2.83 bits per heavy atom. The van der Waals surface area contributed by atoms with Crippen LogP contribution in [0.15, 0.2) is 6.20 Å². The van der Waals surface area contributed by atoms with Gasteiger partial charge in [-0.15, -0.1) is 16.4 Å². The minimum Gasteiger partial charge on any atom is -0.379 e. The summed E-state index contributed by atoms with van der Waals surface area (Å²) >= 11 is 1.60. The molecule has 1 amide bonds. The fraction of sp³-hybridized carbons (Fsp3) is 0.600. The molecule has 1 N–H and O–H groups in total. The minimum atomic E-state index is -0.224. The van der Waals surface area contributed by atoms with Gasteiger partial charge in [-0.05, 0) is 13.8 Å². The highest BCUT2D eigenvalue weighted by atomic mass is 32.1. The fourth-order valence-corrected chi connectivity index (χ4v) is 3.32. The molecule has 24 heavy (non-hydrogen) atoms. The number of carbonyl (C=O) groups is 1. The first kappa shape index (κ1) is 17.0. The number of nitrogens with zero attached hydrogens (tertiary/aromatic N) is 5. The Balaban J connectivity index is 1.47.